The van der Waals surface area contributed by atoms with E-state index in [0.717, 1.165) is 5.56 Å². The standard InChI is InChI=1S/C16H19ClO3/c1-9-6-7-10(17)8-11(9)12-13(18)15(2,3)20-16(4,5)14(12)19/h6-8,12H,1-5H3. The monoisotopic (exact) mass is 294 g/mol. The van der Waals surface area contributed by atoms with E-state index < -0.39 is 17.1 Å². The summed E-state index contributed by atoms with van der Waals surface area (Å²) in [5.41, 5.74) is -0.417. The lowest BCUT2D eigenvalue weighted by molar-refractivity contribution is -0.184. The van der Waals surface area contributed by atoms with Crippen molar-refractivity contribution < 1.29 is 14.3 Å². The number of halogens is 1. The first-order valence-corrected chi connectivity index (χ1v) is 6.99. The van der Waals surface area contributed by atoms with Gasteiger partial charge in [-0.2, -0.15) is 0 Å². The number of carbonyl (C=O) groups excluding carboxylic acids is 2. The lowest BCUT2D eigenvalue weighted by atomic mass is 9.74. The zero-order chi connectivity index (χ0) is 15.3. The quantitative estimate of drug-likeness (QED) is 0.745. The van der Waals surface area contributed by atoms with Crippen LogP contribution in [0.15, 0.2) is 18.2 Å². The van der Waals surface area contributed by atoms with Crippen LogP contribution in [0.3, 0.4) is 0 Å². The third-order valence-electron chi connectivity index (χ3n) is 3.77. The number of hydrogen-bond donors (Lipinski definition) is 0. The van der Waals surface area contributed by atoms with Crippen molar-refractivity contribution in [1.29, 1.82) is 0 Å². The van der Waals surface area contributed by atoms with Gasteiger partial charge in [-0.05, 0) is 57.9 Å². The molecule has 4 heteroatoms. The number of carbonyl (C=O) groups is 2. The van der Waals surface area contributed by atoms with Crippen molar-refractivity contribution in [3.05, 3.63) is 34.3 Å². The van der Waals surface area contributed by atoms with E-state index in [1.54, 1.807) is 39.8 Å². The van der Waals surface area contributed by atoms with Gasteiger partial charge in [-0.25, -0.2) is 0 Å². The van der Waals surface area contributed by atoms with Crippen molar-refractivity contribution in [1.82, 2.24) is 0 Å². The average molecular weight is 295 g/mol. The molecule has 0 aliphatic carbocycles. The predicted octanol–water partition coefficient (Wildman–Crippen LogP) is 3.46. The molecule has 1 aliphatic rings. The second-order valence-corrected chi connectivity index (χ2v) is 6.72. The van der Waals surface area contributed by atoms with Crippen LogP contribution < -0.4 is 0 Å². The van der Waals surface area contributed by atoms with Gasteiger partial charge in [-0.3, -0.25) is 9.59 Å². The number of aryl methyl sites for hydroxylation is 1. The molecule has 1 heterocycles. The Labute approximate surface area is 124 Å². The van der Waals surface area contributed by atoms with Crippen molar-refractivity contribution in [2.75, 3.05) is 0 Å². The molecule has 0 radical (unpaired) electrons. The number of benzene rings is 1. The normalized spacial score (nSPS) is 22.1. The fourth-order valence-electron chi connectivity index (χ4n) is 2.76. The molecule has 2 rings (SSSR count). The molecule has 1 saturated heterocycles. The van der Waals surface area contributed by atoms with Crippen LogP contribution >= 0.6 is 11.6 Å². The third-order valence-corrected chi connectivity index (χ3v) is 4.01. The van der Waals surface area contributed by atoms with Gasteiger partial charge in [-0.15, -0.1) is 0 Å². The maximum absolute atomic E-state index is 12.6. The van der Waals surface area contributed by atoms with Crippen molar-refractivity contribution in [3.63, 3.8) is 0 Å². The fraction of sp³-hybridized carbons (Fsp3) is 0.500. The van der Waals surface area contributed by atoms with Crippen LogP contribution in [0.2, 0.25) is 5.02 Å². The highest BCUT2D eigenvalue weighted by atomic mass is 35.5. The maximum atomic E-state index is 12.6. The molecule has 1 aromatic rings. The molecule has 1 fully saturated rings. The summed E-state index contributed by atoms with van der Waals surface area (Å²) >= 11 is 6.02. The van der Waals surface area contributed by atoms with Gasteiger partial charge in [0.05, 0.1) is 0 Å². The smallest absolute Gasteiger partial charge is 0.179 e. The van der Waals surface area contributed by atoms with Crippen molar-refractivity contribution >= 4 is 23.2 Å². The van der Waals surface area contributed by atoms with E-state index in [9.17, 15) is 9.59 Å². The van der Waals surface area contributed by atoms with Gasteiger partial charge < -0.3 is 4.74 Å². The highest BCUT2D eigenvalue weighted by molar-refractivity contribution is 6.30. The predicted molar refractivity (Wildman–Crippen MR) is 78.2 cm³/mol. The highest BCUT2D eigenvalue weighted by Crippen LogP contribution is 2.39. The Balaban J connectivity index is 2.60. The summed E-state index contributed by atoms with van der Waals surface area (Å²) in [6.07, 6.45) is 0. The molecule has 20 heavy (non-hydrogen) atoms. The zero-order valence-electron chi connectivity index (χ0n) is 12.4. The number of hydrogen-bond acceptors (Lipinski definition) is 3. The first-order valence-electron chi connectivity index (χ1n) is 6.61. The minimum atomic E-state index is -0.989. The Morgan fingerprint density at radius 3 is 2.05 bits per heavy atom. The number of Topliss-reactive ketones (excluding diaryl/α,β-unsaturated/α-hetero) is 2. The van der Waals surface area contributed by atoms with Crippen LogP contribution in [0.5, 0.6) is 0 Å². The average Bonchev–Trinajstić information content (AvgIpc) is 2.30. The third kappa shape index (κ3) is 2.40. The Morgan fingerprint density at radius 1 is 1.05 bits per heavy atom. The Morgan fingerprint density at radius 2 is 1.55 bits per heavy atom. The molecule has 0 saturated carbocycles. The van der Waals surface area contributed by atoms with Crippen LogP contribution in [-0.2, 0) is 14.3 Å². The van der Waals surface area contributed by atoms with Crippen LogP contribution in [0.1, 0.15) is 44.7 Å². The second kappa shape index (κ2) is 4.68. The zero-order valence-corrected chi connectivity index (χ0v) is 13.2. The summed E-state index contributed by atoms with van der Waals surface area (Å²) in [6, 6.07) is 5.29. The van der Waals surface area contributed by atoms with E-state index in [2.05, 4.69) is 0 Å². The van der Waals surface area contributed by atoms with E-state index in [0.29, 0.717) is 10.6 Å². The molecule has 0 amide bonds. The second-order valence-electron chi connectivity index (χ2n) is 6.29. The van der Waals surface area contributed by atoms with E-state index >= 15 is 0 Å². The summed E-state index contributed by atoms with van der Waals surface area (Å²) in [5.74, 6) is -1.24. The Hall–Kier alpha value is -1.19. The molecule has 0 spiro atoms. The summed E-state index contributed by atoms with van der Waals surface area (Å²) < 4.78 is 5.68. The molecule has 0 atom stereocenters. The minimum absolute atomic E-state index is 0.216. The van der Waals surface area contributed by atoms with Crippen molar-refractivity contribution in [3.8, 4) is 0 Å². The van der Waals surface area contributed by atoms with Gasteiger partial charge in [0.1, 0.15) is 17.1 Å². The Kier molecular flexibility index (Phi) is 3.55. The lowest BCUT2D eigenvalue weighted by Crippen LogP contribution is -2.57. The molecular formula is C16H19ClO3. The first-order chi connectivity index (χ1) is 9.06. The van der Waals surface area contributed by atoms with Crippen LogP contribution in [0.4, 0.5) is 0 Å². The van der Waals surface area contributed by atoms with Gasteiger partial charge in [0, 0.05) is 5.02 Å². The summed E-state index contributed by atoms with van der Waals surface area (Å²) in [5, 5.41) is 0.522. The van der Waals surface area contributed by atoms with Crippen LogP contribution in [-0.4, -0.2) is 22.8 Å². The number of ketones is 2. The fourth-order valence-corrected chi connectivity index (χ4v) is 2.94. The maximum Gasteiger partial charge on any atom is 0.179 e. The molecule has 1 aromatic carbocycles. The molecule has 1 aliphatic heterocycles. The minimum Gasteiger partial charge on any atom is -0.354 e. The van der Waals surface area contributed by atoms with Crippen LogP contribution in [0.25, 0.3) is 0 Å². The largest absolute Gasteiger partial charge is 0.354 e. The highest BCUT2D eigenvalue weighted by Gasteiger charge is 2.53. The van der Waals surface area contributed by atoms with E-state index in [-0.39, 0.29) is 11.6 Å². The number of rotatable bonds is 1. The van der Waals surface area contributed by atoms with Gasteiger partial charge in [0.15, 0.2) is 11.6 Å². The Bertz CT molecular complexity index is 561. The van der Waals surface area contributed by atoms with Crippen molar-refractivity contribution in [2.45, 2.75) is 51.7 Å². The molecule has 0 bridgehead atoms. The SMILES string of the molecule is Cc1ccc(Cl)cc1C1C(=O)C(C)(C)OC(C)(C)C1=O. The molecule has 0 aromatic heterocycles. The van der Waals surface area contributed by atoms with Gasteiger partial charge >= 0.3 is 0 Å². The van der Waals surface area contributed by atoms with E-state index in [1.807, 2.05) is 13.0 Å². The van der Waals surface area contributed by atoms with Gasteiger partial charge in [0.2, 0.25) is 0 Å². The van der Waals surface area contributed by atoms with E-state index in [4.69, 9.17) is 16.3 Å². The molecule has 3 nitrogen and oxygen atoms in total. The molecule has 0 N–H and O–H groups in total. The van der Waals surface area contributed by atoms with Crippen molar-refractivity contribution in [2.24, 2.45) is 0 Å². The molecule has 0 unspecified atom stereocenters. The summed E-state index contributed by atoms with van der Waals surface area (Å²) in [4.78, 5) is 25.2. The van der Waals surface area contributed by atoms with Gasteiger partial charge in [-0.1, -0.05) is 17.7 Å². The number of ether oxygens (including phenoxy) is 1. The van der Waals surface area contributed by atoms with Gasteiger partial charge in [0.25, 0.3) is 0 Å². The lowest BCUT2D eigenvalue weighted by Gasteiger charge is -2.43. The topological polar surface area (TPSA) is 43.4 Å². The van der Waals surface area contributed by atoms with Crippen LogP contribution in [0, 0.1) is 6.92 Å². The van der Waals surface area contributed by atoms with E-state index in [1.165, 1.54) is 0 Å². The molecular weight excluding hydrogens is 276 g/mol. The summed E-state index contributed by atoms with van der Waals surface area (Å²) in [6.45, 7) is 8.70. The molecule has 108 valence electrons. The summed E-state index contributed by atoms with van der Waals surface area (Å²) in [7, 11) is 0. The first kappa shape index (κ1) is 15.2.